The maximum atomic E-state index is 2.77. The molecule has 0 radical (unpaired) electrons. The van der Waals surface area contributed by atoms with E-state index in [1.54, 1.807) is 0 Å². The molecule has 7 heteroatoms. The quantitative estimate of drug-likeness (QED) is 0.141. The van der Waals surface area contributed by atoms with Gasteiger partial charge >= 0.3 is 451 Å². The molecule has 15 aromatic carbocycles. The molecule has 0 N–H and O–H groups in total. The van der Waals surface area contributed by atoms with E-state index in [2.05, 4.69) is 397 Å². The van der Waals surface area contributed by atoms with Gasteiger partial charge in [0.25, 0.3) is 0 Å². The number of rotatable bonds is 8. The number of para-hydroxylation sites is 2. The summed E-state index contributed by atoms with van der Waals surface area (Å²) in [6.45, 7) is 21.2. The number of hydrogen-bond donors (Lipinski definition) is 0. The minimum atomic E-state index is -0.576. The smallest absolute Gasteiger partial charge is 0.0622 e. The number of nitrogens with zero attached hydrogens (tertiary/aromatic N) is 4. The normalized spacial score (nSPS) is 13.1. The Morgan fingerprint density at radius 2 is 0.578 bits per heavy atom. The van der Waals surface area contributed by atoms with E-state index >= 15 is 0 Å². The van der Waals surface area contributed by atoms with E-state index in [0.717, 1.165) is 34.1 Å². The predicted molar refractivity (Wildman–Crippen MR) is 471 cm³/mol. The van der Waals surface area contributed by atoms with E-state index < -0.39 is 40.9 Å². The molecule has 21 rings (SSSR count). The number of benzene rings is 15. The number of anilines is 6. The molecular weight excluding hydrogens is 1550 g/mol. The second-order valence-electron chi connectivity index (χ2n) is 33.1. The predicted octanol–water partition coefficient (Wildman–Crippen LogP) is 25.3. The standard InChI is InChI=1S/C102H79BN4Te2/c1-100(2,3)66-54-75(62-30-14-10-15-31-62)98(76(55-66)63-32-16-11-17-33-63)106-85-60-69(104-81-42-26-22-38-71(81)93-83(104)50-52-91-95(93)73-40-24-28-44-89(73)108-91)46-48-79(85)103-80-49-47-70(105-82-43-27-23-39-72(82)94-84(105)51-53-92-96(94)74-41-25-29-45-90(74)109-92)61-86(80)107(88-59-68(102(7,8)9)58-87(106)97(88)103)99-77(64-34-18-12-19-35-64)56-67(101(4,5)6)57-78(99)65-36-20-13-21-37-65/h10-61H,1-9H3. The van der Waals surface area contributed by atoms with E-state index in [4.69, 9.17) is 0 Å². The van der Waals surface area contributed by atoms with Crippen molar-refractivity contribution in [3.63, 3.8) is 0 Å². The molecule has 0 bridgehead atoms. The summed E-state index contributed by atoms with van der Waals surface area (Å²) < 4.78 is 11.3. The number of fused-ring (bicyclic) bond motifs is 18. The molecule has 0 fully saturated rings. The minimum absolute atomic E-state index is 0.195. The monoisotopic (exact) mass is 1630 g/mol. The van der Waals surface area contributed by atoms with Crippen molar-refractivity contribution in [3.05, 3.63) is 332 Å². The number of hydrogen-bond acceptors (Lipinski definition) is 2. The van der Waals surface area contributed by atoms with Crippen LogP contribution in [0.4, 0.5) is 34.1 Å². The zero-order valence-corrected chi connectivity index (χ0v) is 67.4. The van der Waals surface area contributed by atoms with Crippen molar-refractivity contribution < 1.29 is 0 Å². The average Bonchev–Trinajstić information content (AvgIpc) is 1.29. The van der Waals surface area contributed by atoms with Crippen LogP contribution in [0.25, 0.3) is 135 Å². The first kappa shape index (κ1) is 66.4. The van der Waals surface area contributed by atoms with Crippen LogP contribution in [0.5, 0.6) is 0 Å². The van der Waals surface area contributed by atoms with Crippen LogP contribution in [-0.4, -0.2) is 56.7 Å². The Labute approximate surface area is 656 Å². The Bertz CT molecular complexity index is 6450. The van der Waals surface area contributed by atoms with E-state index in [9.17, 15) is 0 Å². The minimum Gasteiger partial charge on any atom is -0.0622 e. The zero-order valence-electron chi connectivity index (χ0n) is 62.7. The van der Waals surface area contributed by atoms with Crippen LogP contribution >= 0.6 is 0 Å². The van der Waals surface area contributed by atoms with Crippen molar-refractivity contribution in [2.45, 2.75) is 78.6 Å². The second kappa shape index (κ2) is 24.8. The van der Waals surface area contributed by atoms with E-state index in [0.29, 0.717) is 0 Å². The van der Waals surface area contributed by atoms with Crippen molar-refractivity contribution in [3.8, 4) is 55.9 Å². The third kappa shape index (κ3) is 10.4. The summed E-state index contributed by atoms with van der Waals surface area (Å²) in [6, 6.07) is 122. The molecule has 2 aliphatic rings. The SMILES string of the molecule is CC(C)(C)c1cc(-c2ccccc2)c(N2c3cc(-n4c5ccccc5c5c6c(ccc54)[te]c4ccccc46)ccc3B3c4ccc(-n5c6ccccc6c6c7c(ccc65)[te]c5ccccc57)cc4N(c4c(-c5ccccc5)cc(C(C)(C)C)cc4-c4ccccc4)c4cc(C(C)(C)C)cc2c43)c(-c2ccccc2)c1. The summed E-state index contributed by atoms with van der Waals surface area (Å²) in [6.07, 6.45) is 0. The first-order valence-corrected chi connectivity index (χ1v) is 43.0. The van der Waals surface area contributed by atoms with Gasteiger partial charge in [0, 0.05) is 0 Å². The summed E-state index contributed by atoms with van der Waals surface area (Å²) in [7, 11) is 0. The molecule has 19 aromatic rings. The fraction of sp³-hybridized carbons (Fsp3) is 0.118. The molecule has 109 heavy (non-hydrogen) atoms. The summed E-state index contributed by atoms with van der Waals surface area (Å²) in [5, 5.41) is 10.9. The van der Waals surface area contributed by atoms with Crippen LogP contribution in [0.2, 0.25) is 0 Å². The van der Waals surface area contributed by atoms with Gasteiger partial charge in [0.15, 0.2) is 0 Å². The molecule has 0 spiro atoms. The first-order chi connectivity index (χ1) is 53.0. The fourth-order valence-corrected chi connectivity index (χ4v) is 24.6. The first-order valence-electron chi connectivity index (χ1n) is 38.3. The van der Waals surface area contributed by atoms with Gasteiger partial charge in [0.1, 0.15) is 0 Å². The van der Waals surface area contributed by atoms with Gasteiger partial charge in [-0.3, -0.25) is 0 Å². The van der Waals surface area contributed by atoms with Crippen molar-refractivity contribution in [2.75, 3.05) is 9.80 Å². The van der Waals surface area contributed by atoms with Crippen LogP contribution in [0, 0.1) is 0 Å². The molecule has 0 unspecified atom stereocenters. The van der Waals surface area contributed by atoms with E-state index in [1.165, 1.54) is 168 Å². The van der Waals surface area contributed by atoms with Gasteiger partial charge in [0.2, 0.25) is 0 Å². The van der Waals surface area contributed by atoms with E-state index in [1.807, 2.05) is 0 Å². The molecule has 0 amide bonds. The molecule has 4 nitrogen and oxygen atoms in total. The Morgan fingerprint density at radius 1 is 0.257 bits per heavy atom. The van der Waals surface area contributed by atoms with Gasteiger partial charge in [-0.2, -0.15) is 0 Å². The van der Waals surface area contributed by atoms with Crippen molar-refractivity contribution in [1.29, 1.82) is 0 Å². The Balaban J connectivity index is 0.941. The van der Waals surface area contributed by atoms with Crippen molar-refractivity contribution >= 4 is 177 Å². The Kier molecular flexibility index (Phi) is 15.1. The van der Waals surface area contributed by atoms with Crippen LogP contribution in [0.1, 0.15) is 79.0 Å². The Hall–Kier alpha value is -10.9. The topological polar surface area (TPSA) is 16.3 Å². The maximum absolute atomic E-state index is 2.77. The number of aromatic nitrogens is 2. The van der Waals surface area contributed by atoms with Gasteiger partial charge < -0.3 is 0 Å². The second-order valence-corrected chi connectivity index (χ2v) is 39.3. The summed E-state index contributed by atoms with van der Waals surface area (Å²) in [5.74, 6) is 0. The van der Waals surface area contributed by atoms with Crippen molar-refractivity contribution in [2.24, 2.45) is 0 Å². The van der Waals surface area contributed by atoms with Gasteiger partial charge in [0.05, 0.1) is 0 Å². The molecule has 522 valence electrons. The Morgan fingerprint density at radius 3 is 0.936 bits per heavy atom. The van der Waals surface area contributed by atoms with Crippen LogP contribution in [-0.2, 0) is 16.2 Å². The van der Waals surface area contributed by atoms with Crippen LogP contribution in [0.15, 0.2) is 315 Å². The van der Waals surface area contributed by atoms with Crippen molar-refractivity contribution in [1.82, 2.24) is 9.13 Å². The average molecular weight is 1630 g/mol. The van der Waals surface area contributed by atoms with E-state index in [-0.39, 0.29) is 23.0 Å². The molecule has 0 atom stereocenters. The summed E-state index contributed by atoms with van der Waals surface area (Å²) in [5.41, 5.74) is 30.3. The summed E-state index contributed by atoms with van der Waals surface area (Å²) in [4.78, 5) is 5.53. The van der Waals surface area contributed by atoms with Gasteiger partial charge in [-0.1, -0.05) is 184 Å². The summed E-state index contributed by atoms with van der Waals surface area (Å²) >= 11 is -1.15. The molecule has 0 saturated heterocycles. The van der Waals surface area contributed by atoms with Gasteiger partial charge in [-0.05, 0) is 27.4 Å². The molecule has 0 saturated carbocycles. The molecule has 4 aromatic heterocycles. The molecule has 0 aliphatic carbocycles. The molecule has 6 heterocycles. The van der Waals surface area contributed by atoms with Gasteiger partial charge in [-0.15, -0.1) is 0 Å². The third-order valence-electron chi connectivity index (χ3n) is 23.5. The fourth-order valence-electron chi connectivity index (χ4n) is 18.2. The molecule has 2 aliphatic heterocycles. The molecular formula is C102H79BN4Te2. The zero-order chi connectivity index (χ0) is 73.5. The third-order valence-corrected chi connectivity index (χ3v) is 30.0. The van der Waals surface area contributed by atoms with Crippen LogP contribution in [0.3, 0.4) is 0 Å². The van der Waals surface area contributed by atoms with Gasteiger partial charge in [-0.25, -0.2) is 0 Å². The van der Waals surface area contributed by atoms with Crippen LogP contribution < -0.4 is 26.2 Å².